The first-order valence-corrected chi connectivity index (χ1v) is 19.1. The van der Waals surface area contributed by atoms with Crippen molar-refractivity contribution in [2.24, 2.45) is 0 Å². The molecule has 0 saturated carbocycles. The van der Waals surface area contributed by atoms with E-state index in [1.165, 1.54) is 70.9 Å². The molecule has 0 amide bonds. The Kier molecular flexibility index (Phi) is 6.53. The number of anilines is 3. The maximum Gasteiger partial charge on any atom is 0.159 e. The molecule has 0 bridgehead atoms. The SMILES string of the molecule is CC(C)c1ccc(N(c2cc3c(c4ccccc24)-c2cc4c5ccccc5c5ccccc5c4cc2C3(C)C)c2cccc3c2oc2ccccc23)cc1. The van der Waals surface area contributed by atoms with E-state index in [0.717, 1.165) is 39.0 Å². The molecule has 9 aromatic carbocycles. The molecule has 2 nitrogen and oxygen atoms in total. The summed E-state index contributed by atoms with van der Waals surface area (Å²) in [5, 5.41) is 12.6. The average molecular weight is 694 g/mol. The summed E-state index contributed by atoms with van der Waals surface area (Å²) in [5.41, 5.74) is 11.5. The molecule has 1 aromatic heterocycles. The standard InChI is InChI=1S/C52H39NO/c1-31(2)32-24-26-33(27-25-32)53(47-22-13-21-41-39-19-11-12-23-49(39)54-51(41)47)48-30-46-50(40-20-10-9-18-38(40)48)44-28-42-36-16-7-5-14-34(36)35-15-6-8-17-37(35)43(42)29-45(44)52(46,3)4/h5-31H,1-4H3. The van der Waals surface area contributed by atoms with Crippen LogP contribution in [-0.2, 0) is 5.41 Å². The van der Waals surface area contributed by atoms with Crippen LogP contribution in [0.2, 0.25) is 0 Å². The van der Waals surface area contributed by atoms with E-state index < -0.39 is 0 Å². The van der Waals surface area contributed by atoms with Crippen LogP contribution in [0.5, 0.6) is 0 Å². The van der Waals surface area contributed by atoms with Crippen molar-refractivity contribution in [2.45, 2.75) is 39.0 Å². The van der Waals surface area contributed by atoms with Gasteiger partial charge >= 0.3 is 0 Å². The van der Waals surface area contributed by atoms with Crippen molar-refractivity contribution >= 4 is 82.1 Å². The summed E-state index contributed by atoms with van der Waals surface area (Å²) < 4.78 is 6.74. The van der Waals surface area contributed by atoms with Gasteiger partial charge in [-0.15, -0.1) is 0 Å². The van der Waals surface area contributed by atoms with Gasteiger partial charge in [0.25, 0.3) is 0 Å². The van der Waals surface area contributed by atoms with Crippen molar-refractivity contribution < 1.29 is 4.42 Å². The van der Waals surface area contributed by atoms with Gasteiger partial charge in [0.05, 0.1) is 11.4 Å². The first-order chi connectivity index (χ1) is 26.4. The van der Waals surface area contributed by atoms with Crippen LogP contribution in [0.3, 0.4) is 0 Å². The average Bonchev–Trinajstić information content (AvgIpc) is 3.70. The molecule has 1 aliphatic carbocycles. The van der Waals surface area contributed by atoms with Gasteiger partial charge in [-0.2, -0.15) is 0 Å². The van der Waals surface area contributed by atoms with Crippen LogP contribution in [0, 0.1) is 0 Å². The predicted octanol–water partition coefficient (Wildman–Crippen LogP) is 15.1. The topological polar surface area (TPSA) is 16.4 Å². The van der Waals surface area contributed by atoms with Gasteiger partial charge in [-0.05, 0) is 114 Å². The highest BCUT2D eigenvalue weighted by atomic mass is 16.3. The second-order valence-corrected chi connectivity index (χ2v) is 15.9. The van der Waals surface area contributed by atoms with E-state index in [9.17, 15) is 0 Å². The van der Waals surface area contributed by atoms with Crippen LogP contribution in [0.15, 0.2) is 162 Å². The molecule has 1 heterocycles. The molecule has 258 valence electrons. The molecule has 0 spiro atoms. The predicted molar refractivity (Wildman–Crippen MR) is 230 cm³/mol. The van der Waals surface area contributed by atoms with Crippen molar-refractivity contribution in [1.82, 2.24) is 0 Å². The molecule has 0 N–H and O–H groups in total. The Morgan fingerprint density at radius 1 is 0.463 bits per heavy atom. The zero-order valence-corrected chi connectivity index (χ0v) is 30.9. The number of nitrogens with zero attached hydrogens (tertiary/aromatic N) is 1. The van der Waals surface area contributed by atoms with Gasteiger partial charge in [-0.25, -0.2) is 0 Å². The number of rotatable bonds is 4. The lowest BCUT2D eigenvalue weighted by molar-refractivity contribution is 0.661. The Hall–Kier alpha value is -6.38. The summed E-state index contributed by atoms with van der Waals surface area (Å²) in [4.78, 5) is 2.44. The lowest BCUT2D eigenvalue weighted by Gasteiger charge is -2.30. The van der Waals surface area contributed by atoms with E-state index in [-0.39, 0.29) is 5.41 Å². The van der Waals surface area contributed by atoms with E-state index >= 15 is 0 Å². The van der Waals surface area contributed by atoms with E-state index in [0.29, 0.717) is 5.92 Å². The van der Waals surface area contributed by atoms with Crippen LogP contribution >= 0.6 is 0 Å². The van der Waals surface area contributed by atoms with Gasteiger partial charge in [0.1, 0.15) is 5.58 Å². The summed E-state index contributed by atoms with van der Waals surface area (Å²) in [5.74, 6) is 0.441. The zero-order chi connectivity index (χ0) is 36.3. The van der Waals surface area contributed by atoms with E-state index in [1.54, 1.807) is 0 Å². The van der Waals surface area contributed by atoms with Crippen molar-refractivity contribution in [3.05, 3.63) is 174 Å². The quantitative estimate of drug-likeness (QED) is 0.171. The van der Waals surface area contributed by atoms with E-state index in [1.807, 2.05) is 0 Å². The Labute approximate surface area is 314 Å². The summed E-state index contributed by atoms with van der Waals surface area (Å²) >= 11 is 0. The summed E-state index contributed by atoms with van der Waals surface area (Å²) in [6.07, 6.45) is 0. The number of benzene rings is 9. The fourth-order valence-corrected chi connectivity index (χ4v) is 9.47. The highest BCUT2D eigenvalue weighted by Crippen LogP contribution is 2.56. The Bertz CT molecular complexity index is 3160. The maximum absolute atomic E-state index is 6.74. The third-order valence-electron chi connectivity index (χ3n) is 12.2. The van der Waals surface area contributed by atoms with Gasteiger partial charge in [-0.3, -0.25) is 0 Å². The van der Waals surface area contributed by atoms with Crippen molar-refractivity contribution in [3.63, 3.8) is 0 Å². The molecule has 1 aliphatic rings. The van der Waals surface area contributed by atoms with Crippen LogP contribution in [0.4, 0.5) is 17.1 Å². The molecule has 0 saturated heterocycles. The summed E-state index contributed by atoms with van der Waals surface area (Å²) in [6.45, 7) is 9.33. The normalized spacial score (nSPS) is 13.5. The number of fused-ring (bicyclic) bond motifs is 14. The molecular formula is C52H39NO. The maximum atomic E-state index is 6.74. The fourth-order valence-electron chi connectivity index (χ4n) is 9.47. The minimum atomic E-state index is -0.247. The molecule has 11 rings (SSSR count). The molecule has 0 unspecified atom stereocenters. The highest BCUT2D eigenvalue weighted by molar-refractivity contribution is 6.27. The van der Waals surface area contributed by atoms with Gasteiger partial charge < -0.3 is 9.32 Å². The number of furan rings is 1. The first-order valence-electron chi connectivity index (χ1n) is 19.1. The second kappa shape index (κ2) is 11.3. The molecule has 0 fully saturated rings. The van der Waals surface area contributed by atoms with Crippen LogP contribution in [0.25, 0.3) is 76.2 Å². The van der Waals surface area contributed by atoms with Gasteiger partial charge in [0.15, 0.2) is 5.58 Å². The highest BCUT2D eigenvalue weighted by Gasteiger charge is 2.39. The minimum Gasteiger partial charge on any atom is -0.454 e. The second-order valence-electron chi connectivity index (χ2n) is 15.9. The van der Waals surface area contributed by atoms with Gasteiger partial charge in [0.2, 0.25) is 0 Å². The van der Waals surface area contributed by atoms with Crippen LogP contribution in [0.1, 0.15) is 50.3 Å². The molecule has 0 atom stereocenters. The Morgan fingerprint density at radius 3 is 1.69 bits per heavy atom. The first kappa shape index (κ1) is 31.2. The number of hydrogen-bond donors (Lipinski definition) is 0. The fraction of sp³-hybridized carbons (Fsp3) is 0.115. The third-order valence-corrected chi connectivity index (χ3v) is 12.2. The van der Waals surface area contributed by atoms with Gasteiger partial charge in [0, 0.05) is 27.3 Å². The van der Waals surface area contributed by atoms with E-state index in [4.69, 9.17) is 4.42 Å². The van der Waals surface area contributed by atoms with Crippen molar-refractivity contribution in [2.75, 3.05) is 4.90 Å². The van der Waals surface area contributed by atoms with Crippen LogP contribution < -0.4 is 4.90 Å². The lowest BCUT2D eigenvalue weighted by Crippen LogP contribution is -2.17. The van der Waals surface area contributed by atoms with Crippen molar-refractivity contribution in [3.8, 4) is 11.1 Å². The number of hydrogen-bond acceptors (Lipinski definition) is 2. The van der Waals surface area contributed by atoms with Crippen molar-refractivity contribution in [1.29, 1.82) is 0 Å². The van der Waals surface area contributed by atoms with E-state index in [2.05, 4.69) is 190 Å². The molecule has 0 aliphatic heterocycles. The molecule has 10 aromatic rings. The largest absolute Gasteiger partial charge is 0.454 e. The monoisotopic (exact) mass is 693 g/mol. The smallest absolute Gasteiger partial charge is 0.159 e. The number of para-hydroxylation sites is 2. The molecule has 2 heteroatoms. The zero-order valence-electron chi connectivity index (χ0n) is 30.9. The van der Waals surface area contributed by atoms with Gasteiger partial charge in [-0.1, -0.05) is 143 Å². The summed E-state index contributed by atoms with van der Waals surface area (Å²) in [6, 6.07) is 58.4. The lowest BCUT2D eigenvalue weighted by atomic mass is 9.80. The minimum absolute atomic E-state index is 0.247. The Balaban J connectivity index is 1.23. The summed E-state index contributed by atoms with van der Waals surface area (Å²) in [7, 11) is 0. The van der Waals surface area contributed by atoms with Crippen LogP contribution in [-0.4, -0.2) is 0 Å². The Morgan fingerprint density at radius 2 is 1.02 bits per heavy atom. The molecular weight excluding hydrogens is 655 g/mol. The molecule has 54 heavy (non-hydrogen) atoms. The molecule has 0 radical (unpaired) electrons. The third kappa shape index (κ3) is 4.28.